The second-order valence-electron chi connectivity index (χ2n) is 8.71. The van der Waals surface area contributed by atoms with Crippen LogP contribution in [-0.2, 0) is 5.60 Å². The molecule has 2 heterocycles. The Labute approximate surface area is 174 Å². The van der Waals surface area contributed by atoms with Crippen molar-refractivity contribution in [2.24, 2.45) is 5.92 Å². The lowest BCUT2D eigenvalue weighted by Gasteiger charge is -2.48. The summed E-state index contributed by atoms with van der Waals surface area (Å²) in [5.74, 6) is 1.89. The number of nitrogens with zero attached hydrogens (tertiary/aromatic N) is 1. The summed E-state index contributed by atoms with van der Waals surface area (Å²) in [6.45, 7) is 0. The lowest BCUT2D eigenvalue weighted by molar-refractivity contribution is -0.00794. The summed E-state index contributed by atoms with van der Waals surface area (Å²) < 4.78 is 11.3. The van der Waals surface area contributed by atoms with E-state index in [1.807, 2.05) is 48.5 Å². The lowest BCUT2D eigenvalue weighted by Crippen LogP contribution is -2.50. The van der Waals surface area contributed by atoms with Crippen LogP contribution in [0, 0.1) is 5.92 Å². The summed E-state index contributed by atoms with van der Waals surface area (Å²) in [5, 5.41) is 12.3. The van der Waals surface area contributed by atoms with E-state index >= 15 is 0 Å². The highest BCUT2D eigenvalue weighted by molar-refractivity contribution is 5.49. The molecule has 2 aliphatic rings. The van der Waals surface area contributed by atoms with Gasteiger partial charge in [-0.25, -0.2) is 0 Å². The number of aliphatic hydroxyl groups is 1. The first-order valence-corrected chi connectivity index (χ1v) is 10.8. The predicted octanol–water partition coefficient (Wildman–Crippen LogP) is 4.59. The van der Waals surface area contributed by atoms with Gasteiger partial charge in [0.1, 0.15) is 17.1 Å². The summed E-state index contributed by atoms with van der Waals surface area (Å²) in [7, 11) is 5.61. The topological polar surface area (TPSA) is 41.9 Å². The van der Waals surface area contributed by atoms with E-state index in [9.17, 15) is 5.11 Å². The molecule has 4 rings (SSSR count). The summed E-state index contributed by atoms with van der Waals surface area (Å²) in [4.78, 5) is 2.57. The van der Waals surface area contributed by atoms with Crippen molar-refractivity contribution in [3.05, 3.63) is 59.7 Å². The van der Waals surface area contributed by atoms with Crippen molar-refractivity contribution in [1.82, 2.24) is 4.90 Å². The quantitative estimate of drug-likeness (QED) is 0.777. The van der Waals surface area contributed by atoms with Crippen LogP contribution in [-0.4, -0.2) is 43.4 Å². The molecule has 0 aromatic heterocycles. The standard InChI is InChI=1S/C25H33NO3/c1-26-19-9-8-10-20(26)16-18(15-19)17-25(27,21-11-4-6-13-23(21)28-2)22-12-5-7-14-24(22)29-3/h4-7,11-14,18-20,27H,8-10,15-17H2,1-3H3. The molecule has 4 heteroatoms. The number of piperidine rings is 2. The van der Waals surface area contributed by atoms with E-state index in [4.69, 9.17) is 9.47 Å². The fourth-order valence-electron chi connectivity index (χ4n) is 5.65. The van der Waals surface area contributed by atoms with Crippen LogP contribution in [0.4, 0.5) is 0 Å². The van der Waals surface area contributed by atoms with Crippen molar-refractivity contribution in [3.63, 3.8) is 0 Å². The Bertz CT molecular complexity index is 775. The third-order valence-corrected chi connectivity index (χ3v) is 7.13. The highest BCUT2D eigenvalue weighted by Crippen LogP contribution is 2.47. The van der Waals surface area contributed by atoms with E-state index in [2.05, 4.69) is 11.9 Å². The maximum atomic E-state index is 12.3. The third kappa shape index (κ3) is 3.76. The largest absolute Gasteiger partial charge is 0.496 e. The molecule has 0 radical (unpaired) electrons. The first-order chi connectivity index (χ1) is 14.1. The Morgan fingerprint density at radius 3 is 1.86 bits per heavy atom. The molecule has 2 bridgehead atoms. The van der Waals surface area contributed by atoms with Crippen LogP contribution >= 0.6 is 0 Å². The Hall–Kier alpha value is -2.04. The van der Waals surface area contributed by atoms with E-state index in [0.29, 0.717) is 35.9 Å². The molecule has 29 heavy (non-hydrogen) atoms. The van der Waals surface area contributed by atoms with E-state index < -0.39 is 5.60 Å². The molecule has 156 valence electrons. The predicted molar refractivity (Wildman–Crippen MR) is 116 cm³/mol. The molecule has 0 amide bonds. The molecule has 2 saturated heterocycles. The van der Waals surface area contributed by atoms with Crippen molar-refractivity contribution >= 4 is 0 Å². The van der Waals surface area contributed by atoms with E-state index in [1.54, 1.807) is 14.2 Å². The fourth-order valence-corrected chi connectivity index (χ4v) is 5.65. The first kappa shape index (κ1) is 20.2. The summed E-state index contributed by atoms with van der Waals surface area (Å²) in [6, 6.07) is 16.9. The van der Waals surface area contributed by atoms with Gasteiger partial charge in [0.2, 0.25) is 0 Å². The van der Waals surface area contributed by atoms with Crippen LogP contribution in [0.15, 0.2) is 48.5 Å². The van der Waals surface area contributed by atoms with Crippen LogP contribution in [0.2, 0.25) is 0 Å². The molecule has 2 atom stereocenters. The van der Waals surface area contributed by atoms with Crippen molar-refractivity contribution in [1.29, 1.82) is 0 Å². The van der Waals surface area contributed by atoms with Gasteiger partial charge >= 0.3 is 0 Å². The highest BCUT2D eigenvalue weighted by Gasteiger charge is 2.43. The van der Waals surface area contributed by atoms with Gasteiger partial charge in [0.05, 0.1) is 14.2 Å². The normalized spacial score (nSPS) is 24.9. The van der Waals surface area contributed by atoms with Gasteiger partial charge in [-0.3, -0.25) is 0 Å². The maximum absolute atomic E-state index is 12.3. The van der Waals surface area contributed by atoms with Gasteiger partial charge in [-0.15, -0.1) is 0 Å². The molecule has 0 spiro atoms. The molecule has 1 N–H and O–H groups in total. The number of rotatable bonds is 6. The average Bonchev–Trinajstić information content (AvgIpc) is 2.74. The number of benzene rings is 2. The van der Waals surface area contributed by atoms with Crippen LogP contribution in [0.3, 0.4) is 0 Å². The maximum Gasteiger partial charge on any atom is 0.125 e. The Balaban J connectivity index is 1.75. The number of hydrogen-bond acceptors (Lipinski definition) is 4. The minimum absolute atomic E-state index is 0.460. The SMILES string of the molecule is COc1ccccc1C(O)(CC1CC2CCCC(C1)N2C)c1ccccc1OC. The Morgan fingerprint density at radius 2 is 1.38 bits per heavy atom. The van der Waals surface area contributed by atoms with Crippen molar-refractivity contribution < 1.29 is 14.6 Å². The Morgan fingerprint density at radius 1 is 0.897 bits per heavy atom. The molecule has 0 aliphatic carbocycles. The zero-order chi connectivity index (χ0) is 20.4. The van der Waals surface area contributed by atoms with Gasteiger partial charge in [-0.05, 0) is 57.2 Å². The fraction of sp³-hybridized carbons (Fsp3) is 0.520. The van der Waals surface area contributed by atoms with E-state index in [1.165, 1.54) is 19.3 Å². The summed E-state index contributed by atoms with van der Waals surface area (Å²) in [6.07, 6.45) is 6.82. The van der Waals surface area contributed by atoms with Crippen LogP contribution < -0.4 is 9.47 Å². The van der Waals surface area contributed by atoms with Crippen LogP contribution in [0.25, 0.3) is 0 Å². The first-order valence-electron chi connectivity index (χ1n) is 10.8. The van der Waals surface area contributed by atoms with Gasteiger partial charge in [-0.2, -0.15) is 0 Å². The molecule has 2 aromatic carbocycles. The number of hydrogen-bond donors (Lipinski definition) is 1. The molecular formula is C25H33NO3. The van der Waals surface area contributed by atoms with Crippen molar-refractivity contribution in [2.75, 3.05) is 21.3 Å². The lowest BCUT2D eigenvalue weighted by atomic mass is 9.71. The minimum Gasteiger partial charge on any atom is -0.496 e. The van der Waals surface area contributed by atoms with E-state index in [0.717, 1.165) is 24.0 Å². The molecule has 4 nitrogen and oxygen atoms in total. The average molecular weight is 396 g/mol. The molecule has 2 fully saturated rings. The Kier molecular flexibility index (Phi) is 5.84. The molecule has 2 aromatic rings. The van der Waals surface area contributed by atoms with Gasteiger partial charge in [-0.1, -0.05) is 42.8 Å². The molecule has 0 saturated carbocycles. The highest BCUT2D eigenvalue weighted by atomic mass is 16.5. The molecule has 2 unspecified atom stereocenters. The van der Waals surface area contributed by atoms with Gasteiger partial charge in [0.15, 0.2) is 0 Å². The summed E-state index contributed by atoms with van der Waals surface area (Å²) >= 11 is 0. The second-order valence-corrected chi connectivity index (χ2v) is 8.71. The summed E-state index contributed by atoms with van der Waals surface area (Å²) in [5.41, 5.74) is 0.473. The molecule has 2 aliphatic heterocycles. The number of para-hydroxylation sites is 2. The van der Waals surface area contributed by atoms with Crippen molar-refractivity contribution in [3.8, 4) is 11.5 Å². The minimum atomic E-state index is -1.16. The van der Waals surface area contributed by atoms with Gasteiger partial charge in [0.25, 0.3) is 0 Å². The number of fused-ring (bicyclic) bond motifs is 2. The number of ether oxygens (including phenoxy) is 2. The van der Waals surface area contributed by atoms with Crippen molar-refractivity contribution in [2.45, 2.75) is 56.2 Å². The monoisotopic (exact) mass is 395 g/mol. The second kappa shape index (κ2) is 8.37. The zero-order valence-electron chi connectivity index (χ0n) is 17.8. The zero-order valence-corrected chi connectivity index (χ0v) is 17.8. The van der Waals surface area contributed by atoms with E-state index in [-0.39, 0.29) is 0 Å². The third-order valence-electron chi connectivity index (χ3n) is 7.13. The van der Waals surface area contributed by atoms with Gasteiger partial charge < -0.3 is 19.5 Å². The number of methoxy groups -OCH3 is 2. The van der Waals surface area contributed by atoms with Crippen LogP contribution in [0.5, 0.6) is 11.5 Å². The van der Waals surface area contributed by atoms with Crippen LogP contribution in [0.1, 0.15) is 49.7 Å². The molecular weight excluding hydrogens is 362 g/mol. The van der Waals surface area contributed by atoms with Gasteiger partial charge in [0, 0.05) is 23.2 Å². The smallest absolute Gasteiger partial charge is 0.125 e.